The molecule has 140 valence electrons. The fourth-order valence-corrected chi connectivity index (χ4v) is 3.76. The van der Waals surface area contributed by atoms with E-state index in [2.05, 4.69) is 4.74 Å². The van der Waals surface area contributed by atoms with Gasteiger partial charge in [0.15, 0.2) is 6.61 Å². The molecule has 0 aliphatic heterocycles. The molecule has 2 aromatic rings. The van der Waals surface area contributed by atoms with Crippen LogP contribution in [0.5, 0.6) is 0 Å². The maximum Gasteiger partial charge on any atom is 0.339 e. The maximum atomic E-state index is 12.5. The second kappa shape index (κ2) is 8.31. The molecule has 2 aromatic heterocycles. The number of hydrogen-bond donors (Lipinski definition) is 0. The van der Waals surface area contributed by atoms with Crippen LogP contribution in [0.15, 0.2) is 12.1 Å². The van der Waals surface area contributed by atoms with E-state index in [0.717, 1.165) is 21.1 Å². The number of aryl methyl sites for hydroxylation is 3. The Morgan fingerprint density at radius 3 is 2.35 bits per heavy atom. The first-order valence-corrected chi connectivity index (χ1v) is 9.07. The Morgan fingerprint density at radius 2 is 1.77 bits per heavy atom. The normalized spacial score (nSPS) is 10.7. The van der Waals surface area contributed by atoms with Gasteiger partial charge in [0, 0.05) is 33.3 Å². The van der Waals surface area contributed by atoms with Gasteiger partial charge in [-0.25, -0.2) is 4.79 Å². The quantitative estimate of drug-likeness (QED) is 0.546. The van der Waals surface area contributed by atoms with Gasteiger partial charge in [0.2, 0.25) is 5.78 Å². The molecule has 2 rings (SSSR count). The molecule has 0 amide bonds. The van der Waals surface area contributed by atoms with Crippen molar-refractivity contribution in [1.29, 1.82) is 0 Å². The Morgan fingerprint density at radius 1 is 1.08 bits per heavy atom. The van der Waals surface area contributed by atoms with Gasteiger partial charge >= 0.3 is 11.9 Å². The van der Waals surface area contributed by atoms with Crippen LogP contribution in [0.1, 0.15) is 48.3 Å². The average Bonchev–Trinajstić information content (AvgIpc) is 3.08. The Hall–Kier alpha value is -2.41. The molecule has 0 N–H and O–H groups in total. The minimum absolute atomic E-state index is 0.228. The highest BCUT2D eigenvalue weighted by Gasteiger charge is 2.19. The van der Waals surface area contributed by atoms with Gasteiger partial charge in [-0.15, -0.1) is 11.3 Å². The highest BCUT2D eigenvalue weighted by Crippen LogP contribution is 2.22. The van der Waals surface area contributed by atoms with Crippen LogP contribution in [-0.4, -0.2) is 36.0 Å². The number of ketones is 1. The first-order valence-electron chi connectivity index (χ1n) is 8.25. The molecule has 0 bridgehead atoms. The van der Waals surface area contributed by atoms with Crippen LogP contribution >= 0.6 is 11.3 Å². The number of Topliss-reactive ketones (excluding diaryl/α,β-unsaturated/α-hetero) is 1. The SMILES string of the molecule is COC(=O)CCn1c(C)cc(C(=O)COC(=O)c2cc(C)sc2C)c1C. The van der Waals surface area contributed by atoms with E-state index in [-0.39, 0.29) is 24.8 Å². The molecule has 6 nitrogen and oxygen atoms in total. The third kappa shape index (κ3) is 4.40. The molecule has 0 aliphatic carbocycles. The smallest absolute Gasteiger partial charge is 0.339 e. The number of methoxy groups -OCH3 is 1. The van der Waals surface area contributed by atoms with Crippen molar-refractivity contribution in [3.05, 3.63) is 44.4 Å². The van der Waals surface area contributed by atoms with E-state index in [1.807, 2.05) is 32.3 Å². The van der Waals surface area contributed by atoms with E-state index in [1.165, 1.54) is 18.4 Å². The molecule has 26 heavy (non-hydrogen) atoms. The van der Waals surface area contributed by atoms with Gasteiger partial charge < -0.3 is 14.0 Å². The van der Waals surface area contributed by atoms with Gasteiger partial charge in [-0.2, -0.15) is 0 Å². The number of hydrogen-bond acceptors (Lipinski definition) is 6. The summed E-state index contributed by atoms with van der Waals surface area (Å²) in [6, 6.07) is 3.52. The summed E-state index contributed by atoms with van der Waals surface area (Å²) in [4.78, 5) is 37.9. The van der Waals surface area contributed by atoms with Crippen molar-refractivity contribution in [1.82, 2.24) is 4.57 Å². The van der Waals surface area contributed by atoms with Gasteiger partial charge in [0.1, 0.15) is 0 Å². The van der Waals surface area contributed by atoms with Crippen LogP contribution in [0.4, 0.5) is 0 Å². The van der Waals surface area contributed by atoms with Gasteiger partial charge in [0.05, 0.1) is 19.1 Å². The summed E-state index contributed by atoms with van der Waals surface area (Å²) in [6.07, 6.45) is 0.228. The molecule has 0 spiro atoms. The zero-order chi connectivity index (χ0) is 19.4. The van der Waals surface area contributed by atoms with Crippen LogP contribution in [0.3, 0.4) is 0 Å². The van der Waals surface area contributed by atoms with E-state index in [0.29, 0.717) is 17.7 Å². The van der Waals surface area contributed by atoms with Crippen molar-refractivity contribution >= 4 is 29.1 Å². The number of carbonyl (C=O) groups excluding carboxylic acids is 3. The zero-order valence-electron chi connectivity index (χ0n) is 15.7. The second-order valence-corrected chi connectivity index (χ2v) is 7.55. The van der Waals surface area contributed by atoms with Crippen LogP contribution in [0.2, 0.25) is 0 Å². The standard InChI is InChI=1S/C19H23NO5S/c1-11-8-15(13(3)20(11)7-6-18(22)24-5)17(21)10-25-19(23)16-9-12(2)26-14(16)4/h8-9H,6-7,10H2,1-5H3. The molecule has 0 aliphatic rings. The Balaban J connectivity index is 2.04. The summed E-state index contributed by atoms with van der Waals surface area (Å²) in [5.74, 6) is -1.05. The number of esters is 2. The lowest BCUT2D eigenvalue weighted by atomic mass is 10.1. The van der Waals surface area contributed by atoms with Crippen molar-refractivity contribution in [3.8, 4) is 0 Å². The van der Waals surface area contributed by atoms with E-state index in [4.69, 9.17) is 4.74 Å². The number of nitrogens with zero attached hydrogens (tertiary/aromatic N) is 1. The fourth-order valence-electron chi connectivity index (χ4n) is 2.85. The molecule has 0 aromatic carbocycles. The van der Waals surface area contributed by atoms with Crippen LogP contribution in [0.25, 0.3) is 0 Å². The van der Waals surface area contributed by atoms with Crippen LogP contribution in [-0.2, 0) is 20.8 Å². The van der Waals surface area contributed by atoms with E-state index in [1.54, 1.807) is 12.1 Å². The lowest BCUT2D eigenvalue weighted by Gasteiger charge is -2.09. The van der Waals surface area contributed by atoms with Gasteiger partial charge in [0.25, 0.3) is 0 Å². The molecule has 0 radical (unpaired) electrons. The summed E-state index contributed by atoms with van der Waals surface area (Å²) in [6.45, 7) is 7.57. The highest BCUT2D eigenvalue weighted by atomic mass is 32.1. The minimum atomic E-state index is -0.486. The van der Waals surface area contributed by atoms with Gasteiger partial charge in [-0.3, -0.25) is 9.59 Å². The van der Waals surface area contributed by atoms with E-state index < -0.39 is 5.97 Å². The van der Waals surface area contributed by atoms with Crippen LogP contribution < -0.4 is 0 Å². The summed E-state index contributed by atoms with van der Waals surface area (Å²) >= 11 is 1.52. The number of ether oxygens (including phenoxy) is 2. The summed E-state index contributed by atoms with van der Waals surface area (Å²) in [7, 11) is 1.34. The lowest BCUT2D eigenvalue weighted by molar-refractivity contribution is -0.140. The highest BCUT2D eigenvalue weighted by molar-refractivity contribution is 7.12. The first-order chi connectivity index (χ1) is 12.2. The number of thiophene rings is 1. The van der Waals surface area contributed by atoms with Gasteiger partial charge in [-0.05, 0) is 39.8 Å². The van der Waals surface area contributed by atoms with Crippen molar-refractivity contribution in [2.24, 2.45) is 0 Å². The predicted octanol–water partition coefficient (Wildman–Crippen LogP) is 3.39. The van der Waals surface area contributed by atoms with Crippen molar-refractivity contribution in [2.45, 2.75) is 40.7 Å². The third-order valence-corrected chi connectivity index (χ3v) is 5.20. The largest absolute Gasteiger partial charge is 0.469 e. The molecular weight excluding hydrogens is 354 g/mol. The van der Waals surface area contributed by atoms with E-state index >= 15 is 0 Å². The molecule has 0 atom stereocenters. The monoisotopic (exact) mass is 377 g/mol. The topological polar surface area (TPSA) is 74.6 Å². The molecule has 0 saturated heterocycles. The Bertz CT molecular complexity index is 846. The average molecular weight is 377 g/mol. The van der Waals surface area contributed by atoms with Crippen molar-refractivity contribution in [3.63, 3.8) is 0 Å². The number of rotatable bonds is 7. The minimum Gasteiger partial charge on any atom is -0.469 e. The second-order valence-electron chi connectivity index (χ2n) is 6.09. The third-order valence-electron chi connectivity index (χ3n) is 4.24. The molecule has 2 heterocycles. The molecule has 0 unspecified atom stereocenters. The van der Waals surface area contributed by atoms with Crippen molar-refractivity contribution < 1.29 is 23.9 Å². The van der Waals surface area contributed by atoms with Crippen LogP contribution in [0, 0.1) is 27.7 Å². The molecule has 0 saturated carbocycles. The summed E-state index contributed by atoms with van der Waals surface area (Å²) < 4.78 is 11.7. The summed E-state index contributed by atoms with van der Waals surface area (Å²) in [5.41, 5.74) is 2.61. The Labute approximate surface area is 156 Å². The summed E-state index contributed by atoms with van der Waals surface area (Å²) in [5, 5.41) is 0. The molecule has 0 fully saturated rings. The van der Waals surface area contributed by atoms with Crippen molar-refractivity contribution in [2.75, 3.05) is 13.7 Å². The Kier molecular flexibility index (Phi) is 6.37. The predicted molar refractivity (Wildman–Crippen MR) is 98.9 cm³/mol. The maximum absolute atomic E-state index is 12.5. The fraction of sp³-hybridized carbons (Fsp3) is 0.421. The van der Waals surface area contributed by atoms with E-state index in [9.17, 15) is 14.4 Å². The first kappa shape index (κ1) is 19.9. The number of carbonyl (C=O) groups is 3. The molecule has 7 heteroatoms. The molecular formula is C19H23NO5S. The number of aromatic nitrogens is 1. The van der Waals surface area contributed by atoms with Gasteiger partial charge in [-0.1, -0.05) is 0 Å². The zero-order valence-corrected chi connectivity index (χ0v) is 16.5. The lowest BCUT2D eigenvalue weighted by Crippen LogP contribution is -2.15.